The van der Waals surface area contributed by atoms with Crippen molar-refractivity contribution in [2.75, 3.05) is 14.2 Å². The van der Waals surface area contributed by atoms with Gasteiger partial charge in [0.15, 0.2) is 5.76 Å². The van der Waals surface area contributed by atoms with Gasteiger partial charge >= 0.3 is 0 Å². The Labute approximate surface area is 148 Å². The number of benzene rings is 2. The van der Waals surface area contributed by atoms with Crippen LogP contribution in [0.2, 0.25) is 0 Å². The molecule has 0 aliphatic carbocycles. The first-order chi connectivity index (χ1) is 11.8. The second-order valence-corrected chi connectivity index (χ2v) is 7.01. The summed E-state index contributed by atoms with van der Waals surface area (Å²) >= 11 is 0. The Morgan fingerprint density at radius 2 is 1.68 bits per heavy atom. The predicted octanol–water partition coefficient (Wildman–Crippen LogP) is 4.62. The average Bonchev–Trinajstić information content (AvgIpc) is 2.89. The van der Waals surface area contributed by atoms with Crippen LogP contribution >= 0.6 is 0 Å². The van der Waals surface area contributed by atoms with Gasteiger partial charge in [-0.2, -0.15) is 0 Å². The van der Waals surface area contributed by atoms with E-state index < -0.39 is 0 Å². The number of fused-ring (bicyclic) bond motifs is 1. The summed E-state index contributed by atoms with van der Waals surface area (Å²) in [5.74, 6) is 1.59. The predicted molar refractivity (Wildman–Crippen MR) is 97.6 cm³/mol. The Balaban J connectivity index is 1.95. The number of methoxy groups -OCH3 is 2. The van der Waals surface area contributed by atoms with E-state index in [0.29, 0.717) is 22.8 Å². The van der Waals surface area contributed by atoms with Crippen molar-refractivity contribution in [2.24, 2.45) is 0 Å². The Morgan fingerprint density at radius 3 is 2.24 bits per heavy atom. The van der Waals surface area contributed by atoms with Gasteiger partial charge in [-0.1, -0.05) is 45.0 Å². The first-order valence-electron chi connectivity index (χ1n) is 8.14. The first kappa shape index (κ1) is 17.1. The summed E-state index contributed by atoms with van der Waals surface area (Å²) in [6.45, 7) is 6.50. The van der Waals surface area contributed by atoms with Crippen LogP contribution in [0.25, 0.3) is 6.08 Å². The molecule has 0 bridgehead atoms. The number of carbonyl (C=O) groups excluding carboxylic acids is 1. The highest BCUT2D eigenvalue weighted by Crippen LogP contribution is 2.41. The number of hydrogen-bond donors (Lipinski definition) is 0. The number of rotatable bonds is 3. The van der Waals surface area contributed by atoms with Crippen molar-refractivity contribution in [3.8, 4) is 17.2 Å². The molecule has 0 radical (unpaired) electrons. The van der Waals surface area contributed by atoms with Crippen molar-refractivity contribution in [3.05, 3.63) is 58.8 Å². The molecule has 0 spiro atoms. The summed E-state index contributed by atoms with van der Waals surface area (Å²) < 4.78 is 16.3. The molecule has 0 amide bonds. The van der Waals surface area contributed by atoms with Crippen molar-refractivity contribution >= 4 is 11.9 Å². The summed E-state index contributed by atoms with van der Waals surface area (Å²) in [6.07, 6.45) is 1.75. The van der Waals surface area contributed by atoms with Gasteiger partial charge in [0.05, 0.1) is 14.2 Å². The third-order valence-electron chi connectivity index (χ3n) is 4.24. The molecule has 4 nitrogen and oxygen atoms in total. The third kappa shape index (κ3) is 3.25. The normalized spacial score (nSPS) is 15.1. The molecule has 1 aliphatic heterocycles. The van der Waals surface area contributed by atoms with Crippen molar-refractivity contribution in [1.29, 1.82) is 0 Å². The fourth-order valence-electron chi connectivity index (χ4n) is 2.76. The van der Waals surface area contributed by atoms with Gasteiger partial charge in [-0.15, -0.1) is 0 Å². The maximum Gasteiger partial charge on any atom is 0.235 e. The van der Waals surface area contributed by atoms with Crippen LogP contribution in [0.1, 0.15) is 42.3 Å². The number of carbonyl (C=O) groups is 1. The van der Waals surface area contributed by atoms with Gasteiger partial charge in [0.1, 0.15) is 22.8 Å². The molecular weight excluding hydrogens is 316 g/mol. The minimum atomic E-state index is -0.186. The lowest BCUT2D eigenvalue weighted by molar-refractivity contribution is 0.101. The number of Topliss-reactive ketones (excluding diaryl/α,β-unsaturated/α-hetero) is 1. The number of hydrogen-bond acceptors (Lipinski definition) is 4. The molecule has 25 heavy (non-hydrogen) atoms. The smallest absolute Gasteiger partial charge is 0.235 e. The van der Waals surface area contributed by atoms with E-state index in [1.54, 1.807) is 25.3 Å². The van der Waals surface area contributed by atoms with E-state index in [-0.39, 0.29) is 17.0 Å². The molecule has 0 N–H and O–H groups in total. The molecule has 4 heteroatoms. The zero-order chi connectivity index (χ0) is 18.2. The molecule has 2 aromatic rings. The van der Waals surface area contributed by atoms with E-state index in [1.807, 2.05) is 12.1 Å². The van der Waals surface area contributed by atoms with Crippen molar-refractivity contribution in [3.63, 3.8) is 0 Å². The van der Waals surface area contributed by atoms with E-state index in [2.05, 4.69) is 32.9 Å². The minimum absolute atomic E-state index is 0.0888. The Bertz CT molecular complexity index is 839. The van der Waals surface area contributed by atoms with E-state index in [0.717, 1.165) is 5.56 Å². The molecule has 130 valence electrons. The van der Waals surface area contributed by atoms with Crippen molar-refractivity contribution in [1.82, 2.24) is 0 Å². The van der Waals surface area contributed by atoms with Crippen LogP contribution in [0.4, 0.5) is 0 Å². The summed E-state index contributed by atoms with van der Waals surface area (Å²) in [5.41, 5.74) is 2.67. The van der Waals surface area contributed by atoms with E-state index in [9.17, 15) is 4.79 Å². The van der Waals surface area contributed by atoms with Gasteiger partial charge in [0, 0.05) is 12.1 Å². The first-order valence-corrected chi connectivity index (χ1v) is 8.14. The third-order valence-corrected chi connectivity index (χ3v) is 4.24. The molecule has 0 atom stereocenters. The van der Waals surface area contributed by atoms with Gasteiger partial charge in [-0.3, -0.25) is 4.79 Å². The van der Waals surface area contributed by atoms with Crippen LogP contribution in [0.15, 0.2) is 42.2 Å². The summed E-state index contributed by atoms with van der Waals surface area (Å²) in [6, 6.07) is 11.5. The van der Waals surface area contributed by atoms with E-state index in [4.69, 9.17) is 14.2 Å². The molecule has 0 aromatic heterocycles. The van der Waals surface area contributed by atoms with Crippen LogP contribution < -0.4 is 14.2 Å². The van der Waals surface area contributed by atoms with Gasteiger partial charge < -0.3 is 14.2 Å². The Kier molecular flexibility index (Phi) is 4.29. The standard InChI is InChI=1S/C21H22O4/c1-21(2,3)14-8-6-13(7-9-14)10-18-20(22)19-16(24-5)11-15(23-4)12-17(19)25-18/h6-12H,1-5H3/b18-10-. The van der Waals surface area contributed by atoms with Gasteiger partial charge in [-0.05, 0) is 22.6 Å². The topological polar surface area (TPSA) is 44.8 Å². The maximum absolute atomic E-state index is 12.7. The molecule has 0 unspecified atom stereocenters. The van der Waals surface area contributed by atoms with E-state index in [1.165, 1.54) is 12.7 Å². The number of allylic oxidation sites excluding steroid dienone is 1. The molecule has 0 saturated carbocycles. The second kappa shape index (κ2) is 6.28. The highest BCUT2D eigenvalue weighted by Gasteiger charge is 2.32. The quantitative estimate of drug-likeness (QED) is 0.766. The van der Waals surface area contributed by atoms with Gasteiger partial charge in [0.25, 0.3) is 0 Å². The van der Waals surface area contributed by atoms with Crippen LogP contribution in [0.5, 0.6) is 17.2 Å². The lowest BCUT2D eigenvalue weighted by Crippen LogP contribution is -2.10. The van der Waals surface area contributed by atoms with Crippen molar-refractivity contribution in [2.45, 2.75) is 26.2 Å². The highest BCUT2D eigenvalue weighted by molar-refractivity contribution is 6.16. The van der Waals surface area contributed by atoms with Crippen LogP contribution in [-0.4, -0.2) is 20.0 Å². The fraction of sp³-hybridized carbons (Fsp3) is 0.286. The van der Waals surface area contributed by atoms with Gasteiger partial charge in [-0.25, -0.2) is 0 Å². The minimum Gasteiger partial charge on any atom is -0.496 e. The summed E-state index contributed by atoms with van der Waals surface area (Å²) in [4.78, 5) is 12.7. The molecule has 2 aromatic carbocycles. The molecule has 1 aliphatic rings. The second-order valence-electron chi connectivity index (χ2n) is 7.01. The number of ether oxygens (including phenoxy) is 3. The fourth-order valence-corrected chi connectivity index (χ4v) is 2.76. The highest BCUT2D eigenvalue weighted by atomic mass is 16.5. The van der Waals surface area contributed by atoms with Crippen LogP contribution in [0.3, 0.4) is 0 Å². The van der Waals surface area contributed by atoms with Gasteiger partial charge in [0.2, 0.25) is 5.78 Å². The monoisotopic (exact) mass is 338 g/mol. The van der Waals surface area contributed by atoms with E-state index >= 15 is 0 Å². The molecule has 0 saturated heterocycles. The van der Waals surface area contributed by atoms with Crippen LogP contribution in [0, 0.1) is 0 Å². The largest absolute Gasteiger partial charge is 0.496 e. The maximum atomic E-state index is 12.7. The Morgan fingerprint density at radius 1 is 1.00 bits per heavy atom. The average molecular weight is 338 g/mol. The lowest BCUT2D eigenvalue weighted by Gasteiger charge is -2.18. The van der Waals surface area contributed by atoms with Crippen LogP contribution in [-0.2, 0) is 5.41 Å². The Hall–Kier alpha value is -2.75. The molecule has 0 fully saturated rings. The SMILES string of the molecule is COc1cc(OC)c2c(c1)O/C(=C\c1ccc(C(C)(C)C)cc1)C2=O. The lowest BCUT2D eigenvalue weighted by atomic mass is 9.86. The summed E-state index contributed by atoms with van der Waals surface area (Å²) in [7, 11) is 3.08. The number of ketones is 1. The zero-order valence-electron chi connectivity index (χ0n) is 15.2. The zero-order valence-corrected chi connectivity index (χ0v) is 15.2. The van der Waals surface area contributed by atoms with Crippen molar-refractivity contribution < 1.29 is 19.0 Å². The summed E-state index contributed by atoms with van der Waals surface area (Å²) in [5, 5.41) is 0. The molecule has 1 heterocycles. The molecule has 3 rings (SSSR count). The molecular formula is C21H22O4.